The molecule has 4 aromatic rings. The highest BCUT2D eigenvalue weighted by atomic mass is 32.1. The van der Waals surface area contributed by atoms with E-state index in [0.717, 1.165) is 53.5 Å². The molecule has 0 aliphatic carbocycles. The van der Waals surface area contributed by atoms with Gasteiger partial charge in [-0.3, -0.25) is 4.79 Å². The maximum Gasteiger partial charge on any atom is 0.171 e. The molecule has 1 fully saturated rings. The molecule has 8 nitrogen and oxygen atoms in total. The van der Waals surface area contributed by atoms with Crippen LogP contribution < -0.4 is 4.90 Å². The second-order valence-electron chi connectivity index (χ2n) is 7.60. The lowest BCUT2D eigenvalue weighted by molar-refractivity contribution is 0.0990. The summed E-state index contributed by atoms with van der Waals surface area (Å²) in [6.45, 7) is 3.92. The van der Waals surface area contributed by atoms with Gasteiger partial charge in [0.15, 0.2) is 5.78 Å². The van der Waals surface area contributed by atoms with Crippen molar-refractivity contribution in [3.63, 3.8) is 0 Å². The maximum absolute atomic E-state index is 12.8. The number of carbonyl (C=O) groups is 1. The Kier molecular flexibility index (Phi) is 5.35. The number of piperazine rings is 1. The number of nitrogens with zero attached hydrogens (tertiary/aromatic N) is 7. The summed E-state index contributed by atoms with van der Waals surface area (Å²) in [5, 5.41) is 9.75. The van der Waals surface area contributed by atoms with Crippen LogP contribution in [0.4, 0.5) is 5.82 Å². The number of aromatic nitrogens is 5. The van der Waals surface area contributed by atoms with Crippen LogP contribution in [-0.4, -0.2) is 69.1 Å². The van der Waals surface area contributed by atoms with Gasteiger partial charge in [-0.05, 0) is 25.2 Å². The largest absolute Gasteiger partial charge is 0.354 e. The van der Waals surface area contributed by atoms with Crippen LogP contribution in [0.3, 0.4) is 0 Å². The smallest absolute Gasteiger partial charge is 0.171 e. The minimum absolute atomic E-state index is 0.0444. The first-order valence-corrected chi connectivity index (χ1v) is 11.0. The van der Waals surface area contributed by atoms with Crippen LogP contribution in [0.2, 0.25) is 0 Å². The molecular formula is C22H21N7OS. The summed E-state index contributed by atoms with van der Waals surface area (Å²) in [7, 11) is 2.12. The molecule has 0 bridgehead atoms. The lowest BCUT2D eigenvalue weighted by Crippen LogP contribution is -2.44. The second kappa shape index (κ2) is 8.44. The zero-order valence-corrected chi connectivity index (χ0v) is 17.9. The predicted molar refractivity (Wildman–Crippen MR) is 120 cm³/mol. The highest BCUT2D eigenvalue weighted by Crippen LogP contribution is 2.24. The van der Waals surface area contributed by atoms with Gasteiger partial charge >= 0.3 is 0 Å². The van der Waals surface area contributed by atoms with Crippen molar-refractivity contribution in [1.82, 2.24) is 30.0 Å². The van der Waals surface area contributed by atoms with E-state index >= 15 is 0 Å². The molecule has 0 atom stereocenters. The Morgan fingerprint density at radius 2 is 1.94 bits per heavy atom. The molecule has 0 amide bonds. The summed E-state index contributed by atoms with van der Waals surface area (Å²) < 4.78 is 0. The van der Waals surface area contributed by atoms with Crippen LogP contribution >= 0.6 is 11.3 Å². The van der Waals surface area contributed by atoms with Crippen LogP contribution in [0, 0.1) is 0 Å². The van der Waals surface area contributed by atoms with E-state index in [-0.39, 0.29) is 12.2 Å². The molecule has 0 radical (unpaired) electrons. The normalized spacial score (nSPS) is 14.8. The molecule has 31 heavy (non-hydrogen) atoms. The van der Waals surface area contributed by atoms with E-state index in [9.17, 15) is 4.79 Å². The summed E-state index contributed by atoms with van der Waals surface area (Å²) in [5.74, 6) is 1.36. The number of Topliss-reactive ketones (excluding diaryl/α,β-unsaturated/α-hetero) is 1. The molecule has 5 rings (SSSR count). The lowest BCUT2D eigenvalue weighted by Gasteiger charge is -2.33. The predicted octanol–water partition coefficient (Wildman–Crippen LogP) is 2.72. The molecule has 0 spiro atoms. The Balaban J connectivity index is 1.31. The first kappa shape index (κ1) is 19.7. The molecule has 4 heterocycles. The third-order valence-corrected chi connectivity index (χ3v) is 6.20. The molecular weight excluding hydrogens is 410 g/mol. The van der Waals surface area contributed by atoms with Crippen molar-refractivity contribution in [2.24, 2.45) is 0 Å². The number of pyridine rings is 1. The van der Waals surface area contributed by atoms with E-state index < -0.39 is 0 Å². The average Bonchev–Trinajstić information content (AvgIpc) is 3.34. The van der Waals surface area contributed by atoms with Crippen molar-refractivity contribution in [3.8, 4) is 10.6 Å². The van der Waals surface area contributed by atoms with Crippen LogP contribution in [0.15, 0.2) is 48.2 Å². The van der Waals surface area contributed by atoms with E-state index in [4.69, 9.17) is 0 Å². The number of rotatable bonds is 5. The highest BCUT2D eigenvalue weighted by Gasteiger charge is 2.16. The summed E-state index contributed by atoms with van der Waals surface area (Å²) in [5.41, 5.74) is 4.01. The third-order valence-electron chi connectivity index (χ3n) is 5.46. The number of benzene rings is 1. The lowest BCUT2D eigenvalue weighted by atomic mass is 10.1. The van der Waals surface area contributed by atoms with Crippen LogP contribution in [0.5, 0.6) is 0 Å². The van der Waals surface area contributed by atoms with Crippen molar-refractivity contribution in [2.75, 3.05) is 38.1 Å². The fourth-order valence-electron chi connectivity index (χ4n) is 3.60. The van der Waals surface area contributed by atoms with E-state index in [1.807, 2.05) is 30.3 Å². The van der Waals surface area contributed by atoms with Gasteiger partial charge in [0.05, 0.1) is 11.9 Å². The Morgan fingerprint density at radius 1 is 1.06 bits per heavy atom. The Morgan fingerprint density at radius 3 is 2.68 bits per heavy atom. The fourth-order valence-corrected chi connectivity index (χ4v) is 4.15. The number of carbonyl (C=O) groups excluding carboxylic acids is 1. The van der Waals surface area contributed by atoms with Gasteiger partial charge in [-0.25, -0.2) is 15.0 Å². The summed E-state index contributed by atoms with van der Waals surface area (Å²) >= 11 is 1.48. The van der Waals surface area contributed by atoms with Crippen molar-refractivity contribution < 1.29 is 4.79 Å². The fraction of sp³-hybridized carbons (Fsp3) is 0.273. The van der Waals surface area contributed by atoms with Crippen LogP contribution in [0.1, 0.15) is 16.2 Å². The van der Waals surface area contributed by atoms with Crippen LogP contribution in [-0.2, 0) is 6.42 Å². The topological polar surface area (TPSA) is 88.0 Å². The zero-order chi connectivity index (χ0) is 21.2. The minimum Gasteiger partial charge on any atom is -0.354 e. The summed E-state index contributed by atoms with van der Waals surface area (Å²) in [6.07, 6.45) is 3.54. The second-order valence-corrected chi connectivity index (χ2v) is 8.43. The quantitative estimate of drug-likeness (QED) is 0.446. The molecule has 3 aromatic heterocycles. The molecule has 156 valence electrons. The van der Waals surface area contributed by atoms with E-state index in [1.54, 1.807) is 17.9 Å². The number of hydrogen-bond acceptors (Lipinski definition) is 9. The molecule has 0 unspecified atom stereocenters. The number of hydrogen-bond donors (Lipinski definition) is 0. The Bertz CT molecular complexity index is 1200. The van der Waals surface area contributed by atoms with Crippen molar-refractivity contribution in [2.45, 2.75) is 6.42 Å². The van der Waals surface area contributed by atoms with Crippen molar-refractivity contribution in [3.05, 3.63) is 59.6 Å². The van der Waals surface area contributed by atoms with Crippen molar-refractivity contribution >= 4 is 33.8 Å². The molecule has 0 N–H and O–H groups in total. The van der Waals surface area contributed by atoms with Gasteiger partial charge in [0.2, 0.25) is 0 Å². The number of fused-ring (bicyclic) bond motifs is 1. The zero-order valence-electron chi connectivity index (χ0n) is 17.1. The first-order chi connectivity index (χ1) is 15.2. The molecule has 1 aliphatic heterocycles. The molecule has 0 saturated carbocycles. The van der Waals surface area contributed by atoms with Crippen molar-refractivity contribution in [1.29, 1.82) is 0 Å². The van der Waals surface area contributed by atoms with E-state index in [1.165, 1.54) is 11.3 Å². The van der Waals surface area contributed by atoms with Gasteiger partial charge < -0.3 is 9.80 Å². The third kappa shape index (κ3) is 4.28. The number of anilines is 1. The standard InChI is InChI=1S/C22H21N7OS/c1-28-6-8-29(9-7-28)21-5-4-17(13-24-21)19(30)11-20-23-12-16-3-2-15(10-18(16)26-20)22-27-25-14-31-22/h2-5,10,12-14H,6-9,11H2,1H3. The molecule has 1 saturated heterocycles. The average molecular weight is 432 g/mol. The van der Waals surface area contributed by atoms with Gasteiger partial charge in [0, 0.05) is 55.1 Å². The Hall–Kier alpha value is -3.30. The van der Waals surface area contributed by atoms with E-state index in [0.29, 0.717) is 11.4 Å². The summed E-state index contributed by atoms with van der Waals surface area (Å²) in [6, 6.07) is 9.66. The number of ketones is 1. The van der Waals surface area contributed by atoms with Crippen LogP contribution in [0.25, 0.3) is 21.5 Å². The van der Waals surface area contributed by atoms with Gasteiger partial charge in [-0.15, -0.1) is 10.2 Å². The number of likely N-dealkylation sites (N-methyl/N-ethyl adjacent to an activating group) is 1. The first-order valence-electron chi connectivity index (χ1n) is 10.1. The molecule has 1 aliphatic rings. The van der Waals surface area contributed by atoms with Gasteiger partial charge in [0.25, 0.3) is 0 Å². The summed E-state index contributed by atoms with van der Waals surface area (Å²) in [4.78, 5) is 30.8. The monoisotopic (exact) mass is 431 g/mol. The molecule has 1 aromatic carbocycles. The SMILES string of the molecule is CN1CCN(c2ccc(C(=O)Cc3ncc4ccc(-c5nncs5)cc4n3)cn2)CC1. The maximum atomic E-state index is 12.8. The van der Waals surface area contributed by atoms with E-state index in [2.05, 4.69) is 42.0 Å². The Labute approximate surface area is 183 Å². The molecule has 9 heteroatoms. The van der Waals surface area contributed by atoms with Gasteiger partial charge in [0.1, 0.15) is 22.2 Å². The highest BCUT2D eigenvalue weighted by molar-refractivity contribution is 7.12. The van der Waals surface area contributed by atoms with Gasteiger partial charge in [-0.2, -0.15) is 0 Å². The minimum atomic E-state index is -0.0444. The van der Waals surface area contributed by atoms with Gasteiger partial charge in [-0.1, -0.05) is 23.5 Å².